The largest absolute Gasteiger partial charge is 0.324 e. The summed E-state index contributed by atoms with van der Waals surface area (Å²) in [6.45, 7) is 5.71. The van der Waals surface area contributed by atoms with E-state index in [0.717, 1.165) is 23.0 Å². The Kier molecular flexibility index (Phi) is 2.70. The monoisotopic (exact) mass is 217 g/mol. The second-order valence-electron chi connectivity index (χ2n) is 3.85. The van der Waals surface area contributed by atoms with Gasteiger partial charge in [-0.3, -0.25) is 0 Å². The second kappa shape index (κ2) is 4.02. The van der Waals surface area contributed by atoms with Crippen molar-refractivity contribution >= 4 is 0 Å². The molecule has 0 fully saturated rings. The zero-order valence-electron chi connectivity index (χ0n) is 9.68. The van der Waals surface area contributed by atoms with Crippen molar-refractivity contribution in [3.8, 4) is 5.82 Å². The second-order valence-corrected chi connectivity index (χ2v) is 3.85. The van der Waals surface area contributed by atoms with Crippen LogP contribution in [0.3, 0.4) is 0 Å². The summed E-state index contributed by atoms with van der Waals surface area (Å²) >= 11 is 0. The van der Waals surface area contributed by atoms with E-state index in [1.54, 1.807) is 10.9 Å². The van der Waals surface area contributed by atoms with E-state index < -0.39 is 0 Å². The summed E-state index contributed by atoms with van der Waals surface area (Å²) in [5.74, 6) is 2.32. The molecule has 0 unspecified atom stereocenters. The van der Waals surface area contributed by atoms with Crippen LogP contribution in [0, 0.1) is 13.8 Å². The highest BCUT2D eigenvalue weighted by Gasteiger charge is 2.08. The molecule has 0 saturated heterocycles. The molecule has 2 rings (SSSR count). The van der Waals surface area contributed by atoms with E-state index in [2.05, 4.69) is 15.1 Å². The quantitative estimate of drug-likeness (QED) is 0.823. The fourth-order valence-electron chi connectivity index (χ4n) is 1.57. The van der Waals surface area contributed by atoms with Gasteiger partial charge < -0.3 is 5.73 Å². The highest BCUT2D eigenvalue weighted by molar-refractivity contribution is 5.29. The summed E-state index contributed by atoms with van der Waals surface area (Å²) in [6.07, 6.45) is 1.74. The van der Waals surface area contributed by atoms with E-state index in [4.69, 9.17) is 5.73 Å². The topological polar surface area (TPSA) is 69.6 Å². The van der Waals surface area contributed by atoms with E-state index in [9.17, 15) is 0 Å². The Bertz CT molecular complexity index is 501. The van der Waals surface area contributed by atoms with Crippen molar-refractivity contribution in [3.05, 3.63) is 35.5 Å². The van der Waals surface area contributed by atoms with Crippen molar-refractivity contribution in [2.24, 2.45) is 5.73 Å². The van der Waals surface area contributed by atoms with Crippen LogP contribution < -0.4 is 5.73 Å². The molecule has 0 aromatic carbocycles. The number of nitrogens with zero attached hydrogens (tertiary/aromatic N) is 4. The standard InChI is InChI=1S/C11H15N5/c1-7(12)10-4-5-13-11(6-10)16-9(3)14-8(2)15-16/h4-7H,12H2,1-3H3/t7-/m0/s1. The molecule has 0 aliphatic rings. The average molecular weight is 217 g/mol. The Labute approximate surface area is 94.3 Å². The van der Waals surface area contributed by atoms with Gasteiger partial charge in [0.05, 0.1) is 0 Å². The first kappa shape index (κ1) is 10.8. The molecular formula is C11H15N5. The molecule has 0 saturated carbocycles. The van der Waals surface area contributed by atoms with E-state index >= 15 is 0 Å². The Hall–Kier alpha value is -1.75. The van der Waals surface area contributed by atoms with Gasteiger partial charge in [0.25, 0.3) is 0 Å². The summed E-state index contributed by atoms with van der Waals surface area (Å²) in [5.41, 5.74) is 6.87. The average Bonchev–Trinajstić information content (AvgIpc) is 2.58. The van der Waals surface area contributed by atoms with E-state index in [1.165, 1.54) is 0 Å². The zero-order chi connectivity index (χ0) is 11.7. The van der Waals surface area contributed by atoms with Crippen molar-refractivity contribution in [1.82, 2.24) is 19.7 Å². The minimum atomic E-state index is -0.00771. The molecule has 5 heteroatoms. The van der Waals surface area contributed by atoms with Gasteiger partial charge in [-0.2, -0.15) is 4.68 Å². The molecule has 0 radical (unpaired) electrons. The van der Waals surface area contributed by atoms with Crippen molar-refractivity contribution in [1.29, 1.82) is 0 Å². The van der Waals surface area contributed by atoms with Crippen molar-refractivity contribution in [3.63, 3.8) is 0 Å². The van der Waals surface area contributed by atoms with Crippen molar-refractivity contribution in [2.45, 2.75) is 26.8 Å². The van der Waals surface area contributed by atoms with Crippen LogP contribution in [0.1, 0.15) is 30.2 Å². The maximum Gasteiger partial charge on any atom is 0.155 e. The Morgan fingerprint density at radius 2 is 2.12 bits per heavy atom. The number of hydrogen-bond acceptors (Lipinski definition) is 4. The predicted molar refractivity (Wildman–Crippen MR) is 61.2 cm³/mol. The number of rotatable bonds is 2. The van der Waals surface area contributed by atoms with Gasteiger partial charge in [-0.05, 0) is 38.5 Å². The summed E-state index contributed by atoms with van der Waals surface area (Å²) in [7, 11) is 0. The molecule has 0 bridgehead atoms. The van der Waals surface area contributed by atoms with Crippen molar-refractivity contribution < 1.29 is 0 Å². The molecular weight excluding hydrogens is 202 g/mol. The predicted octanol–water partition coefficient (Wildman–Crippen LogP) is 1.30. The van der Waals surface area contributed by atoms with Crippen LogP contribution in [0.5, 0.6) is 0 Å². The minimum Gasteiger partial charge on any atom is -0.324 e. The number of hydrogen-bond donors (Lipinski definition) is 1. The van der Waals surface area contributed by atoms with Crippen molar-refractivity contribution in [2.75, 3.05) is 0 Å². The molecule has 2 heterocycles. The lowest BCUT2D eigenvalue weighted by Gasteiger charge is -2.07. The first-order valence-electron chi connectivity index (χ1n) is 5.20. The zero-order valence-corrected chi connectivity index (χ0v) is 9.68. The van der Waals surface area contributed by atoms with Gasteiger partial charge in [-0.1, -0.05) is 0 Å². The molecule has 2 N–H and O–H groups in total. The lowest BCUT2D eigenvalue weighted by molar-refractivity contribution is 0.779. The third-order valence-electron chi connectivity index (χ3n) is 2.39. The van der Waals surface area contributed by atoms with Gasteiger partial charge in [-0.15, -0.1) is 5.10 Å². The lowest BCUT2D eigenvalue weighted by atomic mass is 10.1. The Morgan fingerprint density at radius 1 is 1.38 bits per heavy atom. The van der Waals surface area contributed by atoms with Gasteiger partial charge in [0.1, 0.15) is 11.6 Å². The molecule has 1 atom stereocenters. The van der Waals surface area contributed by atoms with Gasteiger partial charge >= 0.3 is 0 Å². The molecule has 2 aromatic rings. The number of pyridine rings is 1. The summed E-state index contributed by atoms with van der Waals surface area (Å²) < 4.78 is 1.72. The fraction of sp³-hybridized carbons (Fsp3) is 0.364. The molecule has 5 nitrogen and oxygen atoms in total. The van der Waals surface area contributed by atoms with Gasteiger partial charge in [0.2, 0.25) is 0 Å². The van der Waals surface area contributed by atoms with Crippen LogP contribution in [0.25, 0.3) is 5.82 Å². The van der Waals surface area contributed by atoms with E-state index in [1.807, 2.05) is 32.9 Å². The fourth-order valence-corrected chi connectivity index (χ4v) is 1.57. The van der Waals surface area contributed by atoms with E-state index in [-0.39, 0.29) is 6.04 Å². The lowest BCUT2D eigenvalue weighted by Crippen LogP contribution is -2.08. The number of nitrogens with two attached hydrogens (primary N) is 1. The Morgan fingerprint density at radius 3 is 2.69 bits per heavy atom. The highest BCUT2D eigenvalue weighted by Crippen LogP contribution is 2.13. The maximum atomic E-state index is 5.83. The third-order valence-corrected chi connectivity index (χ3v) is 2.39. The summed E-state index contributed by atoms with van der Waals surface area (Å²) in [6, 6.07) is 3.84. The van der Waals surface area contributed by atoms with Crippen LogP contribution in [0.4, 0.5) is 0 Å². The highest BCUT2D eigenvalue weighted by atomic mass is 15.4. The van der Waals surface area contributed by atoms with Crippen LogP contribution in [0.15, 0.2) is 18.3 Å². The molecule has 0 amide bonds. The third kappa shape index (κ3) is 1.94. The van der Waals surface area contributed by atoms with E-state index in [0.29, 0.717) is 0 Å². The van der Waals surface area contributed by atoms with Gasteiger partial charge in [0.15, 0.2) is 5.82 Å². The van der Waals surface area contributed by atoms with Crippen LogP contribution in [0.2, 0.25) is 0 Å². The smallest absolute Gasteiger partial charge is 0.155 e. The first-order valence-corrected chi connectivity index (χ1v) is 5.20. The van der Waals surface area contributed by atoms with Gasteiger partial charge in [0, 0.05) is 12.2 Å². The number of aromatic nitrogens is 4. The van der Waals surface area contributed by atoms with Crippen LogP contribution in [-0.4, -0.2) is 19.7 Å². The summed E-state index contributed by atoms with van der Waals surface area (Å²) in [5, 5.41) is 4.28. The normalized spacial score (nSPS) is 12.8. The first-order chi connectivity index (χ1) is 7.58. The van der Waals surface area contributed by atoms with Crippen LogP contribution >= 0.6 is 0 Å². The maximum absolute atomic E-state index is 5.83. The minimum absolute atomic E-state index is 0.00771. The molecule has 0 aliphatic carbocycles. The molecule has 0 aliphatic heterocycles. The van der Waals surface area contributed by atoms with Gasteiger partial charge in [-0.25, -0.2) is 9.97 Å². The van der Waals surface area contributed by atoms with Crippen LogP contribution in [-0.2, 0) is 0 Å². The molecule has 16 heavy (non-hydrogen) atoms. The molecule has 0 spiro atoms. The SMILES string of the molecule is Cc1nc(C)n(-c2cc([C@H](C)N)ccn2)n1. The molecule has 84 valence electrons. The Balaban J connectivity index is 2.48. The summed E-state index contributed by atoms with van der Waals surface area (Å²) in [4.78, 5) is 8.51. The molecule has 2 aromatic heterocycles. The number of aryl methyl sites for hydroxylation is 2.